The molecule has 4 rings (SSSR count). The van der Waals surface area contributed by atoms with Gasteiger partial charge >= 0.3 is 0 Å². The molecule has 6 heteroatoms. The molecular weight excluding hydrogens is 416 g/mol. The summed E-state index contributed by atoms with van der Waals surface area (Å²) in [4.78, 5) is 20.0. The molecule has 2 aromatic carbocycles. The first kappa shape index (κ1) is 22.0. The van der Waals surface area contributed by atoms with E-state index in [1.807, 2.05) is 61.0 Å². The lowest BCUT2D eigenvalue weighted by atomic mass is 10.0. The number of hydrogen-bond acceptors (Lipinski definition) is 4. The SMILES string of the molecule is Cc1cc(C)n(CCN(C(=O)C=Cc2ccccc2)c2nc3c(C(C)C)cccc3s2)n1. The standard InChI is InChI=1S/C26H28N4OS/c1-18(2)22-11-8-12-23-25(22)27-26(32-23)29(15-16-30-20(4)17-19(3)28-30)24(31)14-13-21-9-6-5-7-10-21/h5-14,17-18H,15-16H2,1-4H3. The molecule has 0 atom stereocenters. The van der Waals surface area contributed by atoms with Crippen molar-refractivity contribution in [1.82, 2.24) is 14.8 Å². The van der Waals surface area contributed by atoms with Gasteiger partial charge in [-0.15, -0.1) is 0 Å². The third-order valence-corrected chi connectivity index (χ3v) is 6.46. The smallest absolute Gasteiger partial charge is 0.252 e. The minimum atomic E-state index is -0.0828. The Kier molecular flexibility index (Phi) is 6.51. The number of para-hydroxylation sites is 1. The lowest BCUT2D eigenvalue weighted by Gasteiger charge is -2.18. The fourth-order valence-corrected chi connectivity index (χ4v) is 4.79. The van der Waals surface area contributed by atoms with E-state index in [1.54, 1.807) is 22.3 Å². The van der Waals surface area contributed by atoms with Crippen molar-refractivity contribution in [1.29, 1.82) is 0 Å². The third kappa shape index (κ3) is 4.81. The highest BCUT2D eigenvalue weighted by Crippen LogP contribution is 2.33. The van der Waals surface area contributed by atoms with Gasteiger partial charge in [-0.2, -0.15) is 5.10 Å². The number of benzene rings is 2. The zero-order valence-corrected chi connectivity index (χ0v) is 19.8. The van der Waals surface area contributed by atoms with Crippen LogP contribution in [0.2, 0.25) is 0 Å². The molecule has 0 bridgehead atoms. The zero-order valence-electron chi connectivity index (χ0n) is 18.9. The van der Waals surface area contributed by atoms with Crippen LogP contribution in [0.15, 0.2) is 60.7 Å². The van der Waals surface area contributed by atoms with Crippen LogP contribution in [0.1, 0.15) is 42.3 Å². The van der Waals surface area contributed by atoms with Gasteiger partial charge in [-0.25, -0.2) is 4.98 Å². The first-order chi connectivity index (χ1) is 15.4. The predicted molar refractivity (Wildman–Crippen MR) is 133 cm³/mol. The average Bonchev–Trinajstić information content (AvgIpc) is 3.35. The van der Waals surface area contributed by atoms with Gasteiger partial charge in [0.05, 0.1) is 22.5 Å². The maximum Gasteiger partial charge on any atom is 0.252 e. The van der Waals surface area contributed by atoms with Gasteiger partial charge in [-0.05, 0) is 49.1 Å². The molecule has 1 amide bonds. The van der Waals surface area contributed by atoms with Crippen LogP contribution < -0.4 is 4.90 Å². The summed E-state index contributed by atoms with van der Waals surface area (Å²) in [7, 11) is 0. The van der Waals surface area contributed by atoms with E-state index in [2.05, 4.69) is 37.1 Å². The van der Waals surface area contributed by atoms with E-state index in [0.717, 1.165) is 32.3 Å². The monoisotopic (exact) mass is 444 g/mol. The molecule has 32 heavy (non-hydrogen) atoms. The van der Waals surface area contributed by atoms with Crippen molar-refractivity contribution in [3.05, 3.63) is 83.2 Å². The van der Waals surface area contributed by atoms with Crippen molar-refractivity contribution in [3.63, 3.8) is 0 Å². The van der Waals surface area contributed by atoms with Crippen molar-refractivity contribution in [2.24, 2.45) is 0 Å². The lowest BCUT2D eigenvalue weighted by molar-refractivity contribution is -0.114. The maximum absolute atomic E-state index is 13.3. The quantitative estimate of drug-likeness (QED) is 0.330. The number of amides is 1. The van der Waals surface area contributed by atoms with E-state index in [1.165, 1.54) is 5.56 Å². The van der Waals surface area contributed by atoms with E-state index in [-0.39, 0.29) is 5.91 Å². The van der Waals surface area contributed by atoms with Gasteiger partial charge in [-0.1, -0.05) is 67.6 Å². The van der Waals surface area contributed by atoms with Crippen molar-refractivity contribution in [2.75, 3.05) is 11.4 Å². The first-order valence-corrected chi connectivity index (χ1v) is 11.7. The Balaban J connectivity index is 1.67. The van der Waals surface area contributed by atoms with Crippen LogP contribution in [-0.2, 0) is 11.3 Å². The maximum atomic E-state index is 13.3. The minimum Gasteiger partial charge on any atom is -0.283 e. The summed E-state index contributed by atoms with van der Waals surface area (Å²) >= 11 is 1.56. The van der Waals surface area contributed by atoms with E-state index in [9.17, 15) is 4.79 Å². The van der Waals surface area contributed by atoms with Crippen LogP contribution in [0.5, 0.6) is 0 Å². The van der Waals surface area contributed by atoms with Crippen LogP contribution in [0.3, 0.4) is 0 Å². The number of aryl methyl sites for hydroxylation is 2. The minimum absolute atomic E-state index is 0.0828. The number of rotatable bonds is 7. The normalized spacial score (nSPS) is 11.7. The van der Waals surface area contributed by atoms with Crippen molar-refractivity contribution < 1.29 is 4.79 Å². The zero-order chi connectivity index (χ0) is 22.7. The summed E-state index contributed by atoms with van der Waals surface area (Å²) in [5.41, 5.74) is 5.24. The van der Waals surface area contributed by atoms with Gasteiger partial charge in [0.1, 0.15) is 0 Å². The van der Waals surface area contributed by atoms with E-state index in [0.29, 0.717) is 19.0 Å². The van der Waals surface area contributed by atoms with Crippen LogP contribution in [0, 0.1) is 13.8 Å². The fourth-order valence-electron chi connectivity index (χ4n) is 3.76. The largest absolute Gasteiger partial charge is 0.283 e. The number of anilines is 1. The highest BCUT2D eigenvalue weighted by Gasteiger charge is 2.20. The Morgan fingerprint density at radius 3 is 2.59 bits per heavy atom. The van der Waals surface area contributed by atoms with Crippen molar-refractivity contribution >= 4 is 38.7 Å². The molecule has 2 heterocycles. The molecule has 2 aromatic heterocycles. The molecule has 0 fully saturated rings. The van der Waals surface area contributed by atoms with Gasteiger partial charge in [0.25, 0.3) is 5.91 Å². The Bertz CT molecular complexity index is 1250. The summed E-state index contributed by atoms with van der Waals surface area (Å²) < 4.78 is 3.05. The summed E-state index contributed by atoms with van der Waals surface area (Å²) in [5.74, 6) is 0.283. The topological polar surface area (TPSA) is 51.0 Å². The number of thiazole rings is 1. The summed E-state index contributed by atoms with van der Waals surface area (Å²) in [6, 6.07) is 18.2. The number of carbonyl (C=O) groups is 1. The van der Waals surface area contributed by atoms with Crippen molar-refractivity contribution in [3.8, 4) is 0 Å². The highest BCUT2D eigenvalue weighted by molar-refractivity contribution is 7.22. The molecule has 0 aliphatic heterocycles. The van der Waals surface area contributed by atoms with Crippen LogP contribution in [0.4, 0.5) is 5.13 Å². The molecule has 0 N–H and O–H groups in total. The van der Waals surface area contributed by atoms with Gasteiger partial charge < -0.3 is 0 Å². The van der Waals surface area contributed by atoms with Crippen LogP contribution in [0.25, 0.3) is 16.3 Å². The molecule has 164 valence electrons. The number of fused-ring (bicyclic) bond motifs is 1. The Morgan fingerprint density at radius 2 is 1.91 bits per heavy atom. The Morgan fingerprint density at radius 1 is 1.12 bits per heavy atom. The average molecular weight is 445 g/mol. The molecule has 0 saturated heterocycles. The van der Waals surface area contributed by atoms with Gasteiger partial charge in [0, 0.05) is 18.3 Å². The molecule has 5 nitrogen and oxygen atoms in total. The number of aromatic nitrogens is 3. The van der Waals surface area contributed by atoms with Gasteiger partial charge in [0.2, 0.25) is 0 Å². The molecule has 0 spiro atoms. The number of nitrogens with zero attached hydrogens (tertiary/aromatic N) is 4. The van der Waals surface area contributed by atoms with E-state index in [4.69, 9.17) is 4.98 Å². The number of hydrogen-bond donors (Lipinski definition) is 0. The molecule has 4 aromatic rings. The van der Waals surface area contributed by atoms with E-state index < -0.39 is 0 Å². The van der Waals surface area contributed by atoms with Crippen LogP contribution in [-0.4, -0.2) is 27.2 Å². The van der Waals surface area contributed by atoms with Crippen molar-refractivity contribution in [2.45, 2.75) is 40.2 Å². The van der Waals surface area contributed by atoms with E-state index >= 15 is 0 Å². The second-order valence-corrected chi connectivity index (χ2v) is 9.24. The fraction of sp³-hybridized carbons (Fsp3) is 0.269. The second-order valence-electron chi connectivity index (χ2n) is 8.23. The third-order valence-electron chi connectivity index (χ3n) is 5.41. The summed E-state index contributed by atoms with van der Waals surface area (Å²) in [5, 5.41) is 5.27. The van der Waals surface area contributed by atoms with Crippen LogP contribution >= 0.6 is 11.3 Å². The molecule has 0 saturated carbocycles. The summed E-state index contributed by atoms with van der Waals surface area (Å²) in [6.07, 6.45) is 3.48. The number of carbonyl (C=O) groups excluding carboxylic acids is 1. The molecule has 0 radical (unpaired) electrons. The summed E-state index contributed by atoms with van der Waals surface area (Å²) in [6.45, 7) is 9.46. The Hall–Kier alpha value is -3.25. The molecule has 0 aliphatic carbocycles. The molecule has 0 aliphatic rings. The first-order valence-electron chi connectivity index (χ1n) is 10.9. The second kappa shape index (κ2) is 9.49. The van der Waals surface area contributed by atoms with Gasteiger partial charge in [0.15, 0.2) is 5.13 Å². The highest BCUT2D eigenvalue weighted by atomic mass is 32.1. The molecular formula is C26H28N4OS. The Labute approximate surface area is 193 Å². The lowest BCUT2D eigenvalue weighted by Crippen LogP contribution is -2.33. The van der Waals surface area contributed by atoms with Gasteiger partial charge in [-0.3, -0.25) is 14.4 Å². The predicted octanol–water partition coefficient (Wildman–Crippen LogP) is 5.98. The molecule has 0 unspecified atom stereocenters.